The van der Waals surface area contributed by atoms with Crippen LogP contribution in [0.1, 0.15) is 83.1 Å². The first kappa shape index (κ1) is 45.4. The molecule has 0 aromatic rings. The number of aliphatic hydroxyl groups excluding tert-OH is 8. The van der Waals surface area contributed by atoms with Gasteiger partial charge < -0.3 is 40.9 Å². The lowest BCUT2D eigenvalue weighted by atomic mass is 10.00. The summed E-state index contributed by atoms with van der Waals surface area (Å²) in [4.78, 5) is 41.9. The molecule has 0 aromatic heterocycles. The van der Waals surface area contributed by atoms with E-state index < -0.39 is 48.8 Å². The van der Waals surface area contributed by atoms with E-state index >= 15 is 0 Å². The molecule has 0 aliphatic rings. The van der Waals surface area contributed by atoms with Gasteiger partial charge in [-0.1, -0.05) is 55.4 Å². The van der Waals surface area contributed by atoms with Crippen LogP contribution in [0, 0.1) is 23.7 Å². The van der Waals surface area contributed by atoms with Crippen LogP contribution < -0.4 is 0 Å². The maximum absolute atomic E-state index is 10.5. The van der Waals surface area contributed by atoms with Crippen LogP contribution in [0.3, 0.4) is 0 Å². The monoisotopic (exact) mass is 584 g/mol. The molecule has 0 fully saturated rings. The van der Waals surface area contributed by atoms with Crippen LogP contribution in [-0.2, 0) is 19.2 Å². The van der Waals surface area contributed by atoms with Crippen molar-refractivity contribution in [2.45, 2.75) is 132 Å². The van der Waals surface area contributed by atoms with Gasteiger partial charge in [0.1, 0.15) is 24.4 Å². The van der Waals surface area contributed by atoms with E-state index in [9.17, 15) is 19.2 Å². The maximum Gasteiger partial charge on any atom is 0.160 e. The average Bonchev–Trinajstić information content (AvgIpc) is 2.85. The van der Waals surface area contributed by atoms with Gasteiger partial charge >= 0.3 is 0 Å². The van der Waals surface area contributed by atoms with E-state index in [2.05, 4.69) is 0 Å². The first-order valence-corrected chi connectivity index (χ1v) is 13.3. The molecule has 0 aromatic carbocycles. The highest BCUT2D eigenvalue weighted by molar-refractivity contribution is 5.81. The summed E-state index contributed by atoms with van der Waals surface area (Å²) in [6.45, 7) is 19.0. The largest absolute Gasteiger partial charge is 0.390 e. The summed E-state index contributed by atoms with van der Waals surface area (Å²) in [6, 6.07) is 0. The summed E-state index contributed by atoms with van der Waals surface area (Å²) in [5.74, 6) is -1.89. The van der Waals surface area contributed by atoms with Crippen molar-refractivity contribution in [2.24, 2.45) is 23.7 Å². The van der Waals surface area contributed by atoms with Crippen molar-refractivity contribution in [1.29, 1.82) is 0 Å². The number of carbonyl (C=O) groups excluding carboxylic acids is 4. The maximum atomic E-state index is 10.5. The van der Waals surface area contributed by atoms with E-state index in [0.29, 0.717) is 0 Å². The average molecular weight is 585 g/mol. The van der Waals surface area contributed by atoms with Gasteiger partial charge in [0.2, 0.25) is 0 Å². The second-order valence-electron chi connectivity index (χ2n) is 11.2. The lowest BCUT2D eigenvalue weighted by molar-refractivity contribution is -0.133. The van der Waals surface area contributed by atoms with Crippen molar-refractivity contribution in [2.75, 3.05) is 0 Å². The Hall–Kier alpha value is -1.64. The van der Waals surface area contributed by atoms with Crippen molar-refractivity contribution >= 4 is 23.1 Å². The Labute approximate surface area is 239 Å². The molecule has 240 valence electrons. The third-order valence-corrected chi connectivity index (χ3v) is 5.69. The summed E-state index contributed by atoms with van der Waals surface area (Å²) in [5.41, 5.74) is 0. The van der Waals surface area contributed by atoms with E-state index in [1.165, 1.54) is 27.7 Å². The lowest BCUT2D eigenvalue weighted by Crippen LogP contribution is -2.35. The highest BCUT2D eigenvalue weighted by Crippen LogP contribution is 2.08. The molecule has 0 bridgehead atoms. The van der Waals surface area contributed by atoms with Gasteiger partial charge in [0.25, 0.3) is 0 Å². The first-order chi connectivity index (χ1) is 17.9. The second kappa shape index (κ2) is 23.0. The summed E-state index contributed by atoms with van der Waals surface area (Å²) in [7, 11) is 0. The Balaban J connectivity index is -0.000000216. The van der Waals surface area contributed by atoms with Crippen molar-refractivity contribution in [1.82, 2.24) is 0 Å². The molecule has 0 radical (unpaired) electrons. The SMILES string of the molecule is CC(=O)C(O)[C@@H](O)C(C)C.CC(=O)[C@@H](O)C(O)C(C)C.CC(=O)[C@@H](O)[C@H](O)C(C)C.CC(=O)[C@H](O)[C@H](O)C(C)C. The van der Waals surface area contributed by atoms with Gasteiger partial charge in [-0.3, -0.25) is 19.2 Å². The number of Topliss-reactive ketones (excluding diaryl/α,β-unsaturated/α-hetero) is 4. The Morgan fingerprint density at radius 2 is 0.425 bits per heavy atom. The van der Waals surface area contributed by atoms with Gasteiger partial charge in [0.05, 0.1) is 24.4 Å². The third kappa shape index (κ3) is 21.2. The molecule has 40 heavy (non-hydrogen) atoms. The minimum Gasteiger partial charge on any atom is -0.390 e. The molecule has 0 amide bonds. The molecular weight excluding hydrogens is 528 g/mol. The van der Waals surface area contributed by atoms with Crippen molar-refractivity contribution in [3.63, 3.8) is 0 Å². The number of hydrogen-bond donors (Lipinski definition) is 8. The molecule has 8 N–H and O–H groups in total. The minimum absolute atomic E-state index is 0.0844. The fourth-order valence-corrected chi connectivity index (χ4v) is 2.42. The lowest BCUT2D eigenvalue weighted by Gasteiger charge is -2.17. The number of ketones is 4. The summed E-state index contributed by atoms with van der Waals surface area (Å²) < 4.78 is 0. The molecule has 0 spiro atoms. The number of carbonyl (C=O) groups is 4. The Kier molecular flexibility index (Phi) is 26.1. The van der Waals surface area contributed by atoms with E-state index in [0.717, 1.165) is 0 Å². The van der Waals surface area contributed by atoms with Gasteiger partial charge in [0, 0.05) is 0 Å². The summed E-state index contributed by atoms with van der Waals surface area (Å²) in [5, 5.41) is 72.2. The van der Waals surface area contributed by atoms with Gasteiger partial charge in [-0.05, 0) is 51.4 Å². The van der Waals surface area contributed by atoms with Crippen molar-refractivity contribution < 1.29 is 60.0 Å². The summed E-state index contributed by atoms with van der Waals surface area (Å²) >= 11 is 0. The normalized spacial score (nSPS) is 17.0. The van der Waals surface area contributed by atoms with Crippen LogP contribution in [0.5, 0.6) is 0 Å². The molecule has 0 saturated heterocycles. The fourth-order valence-electron chi connectivity index (χ4n) is 2.42. The topological polar surface area (TPSA) is 230 Å². The standard InChI is InChI=1S/4C7H14O3/c4*1-4(2)6(9)7(10)5(3)8/h4*4,6-7,9-10H,1-3H3/t6?,7-;6-,7?;6-,7+;6-,7-/m1011/s1. The van der Waals surface area contributed by atoms with Crippen LogP contribution in [0.2, 0.25) is 0 Å². The Morgan fingerprint density at radius 1 is 0.325 bits per heavy atom. The van der Waals surface area contributed by atoms with Crippen LogP contribution in [0.25, 0.3) is 0 Å². The van der Waals surface area contributed by atoms with E-state index in [-0.39, 0.29) is 46.8 Å². The van der Waals surface area contributed by atoms with Crippen molar-refractivity contribution in [3.8, 4) is 0 Å². The molecular formula is C28H56O12. The molecule has 0 saturated carbocycles. The molecule has 0 heterocycles. The first-order valence-electron chi connectivity index (χ1n) is 13.3. The van der Waals surface area contributed by atoms with E-state index in [4.69, 9.17) is 40.9 Å². The Bertz CT molecular complexity index is 600. The smallest absolute Gasteiger partial charge is 0.160 e. The van der Waals surface area contributed by atoms with Gasteiger partial charge in [-0.15, -0.1) is 0 Å². The molecule has 12 nitrogen and oxygen atoms in total. The fraction of sp³-hybridized carbons (Fsp3) is 0.857. The third-order valence-electron chi connectivity index (χ3n) is 5.69. The molecule has 0 rings (SSSR count). The van der Waals surface area contributed by atoms with Crippen LogP contribution in [0.4, 0.5) is 0 Å². The van der Waals surface area contributed by atoms with Crippen LogP contribution in [-0.4, -0.2) is 113 Å². The minimum atomic E-state index is -1.22. The highest BCUT2D eigenvalue weighted by atomic mass is 16.3. The van der Waals surface area contributed by atoms with Gasteiger partial charge in [0.15, 0.2) is 23.1 Å². The van der Waals surface area contributed by atoms with Crippen LogP contribution in [0.15, 0.2) is 0 Å². The zero-order valence-electron chi connectivity index (χ0n) is 26.1. The van der Waals surface area contributed by atoms with E-state index in [1.807, 2.05) is 0 Å². The number of hydrogen-bond acceptors (Lipinski definition) is 12. The Morgan fingerprint density at radius 3 is 0.450 bits per heavy atom. The molecule has 12 heteroatoms. The molecule has 2 unspecified atom stereocenters. The van der Waals surface area contributed by atoms with Crippen molar-refractivity contribution in [3.05, 3.63) is 0 Å². The predicted molar refractivity (Wildman–Crippen MR) is 150 cm³/mol. The quantitative estimate of drug-likeness (QED) is 0.149. The van der Waals surface area contributed by atoms with Gasteiger partial charge in [-0.2, -0.15) is 0 Å². The predicted octanol–water partition coefficient (Wildman–Crippen LogP) is -0.187. The molecule has 0 aliphatic heterocycles. The van der Waals surface area contributed by atoms with Gasteiger partial charge in [-0.25, -0.2) is 0 Å². The number of rotatable bonds is 12. The second-order valence-corrected chi connectivity index (χ2v) is 11.2. The summed E-state index contributed by atoms with van der Waals surface area (Å²) in [6.07, 6.45) is -8.62. The van der Waals surface area contributed by atoms with E-state index in [1.54, 1.807) is 55.4 Å². The molecule has 8 atom stereocenters. The highest BCUT2D eigenvalue weighted by Gasteiger charge is 2.25. The number of aliphatic hydroxyl groups is 8. The molecule has 0 aliphatic carbocycles. The zero-order valence-corrected chi connectivity index (χ0v) is 26.1. The zero-order chi connectivity index (χ0) is 33.2. The van der Waals surface area contributed by atoms with Crippen LogP contribution >= 0.6 is 0 Å².